The van der Waals surface area contributed by atoms with E-state index in [2.05, 4.69) is 10.2 Å². The molecule has 1 aromatic heterocycles. The second kappa shape index (κ2) is 6.65. The fraction of sp³-hybridized carbons (Fsp3) is 0.286. The van der Waals surface area contributed by atoms with E-state index in [0.717, 1.165) is 5.69 Å². The smallest absolute Gasteiger partial charge is 0.325 e. The average Bonchev–Trinajstić information content (AvgIpc) is 2.97. The van der Waals surface area contributed by atoms with Gasteiger partial charge in [0, 0.05) is 7.05 Å². The van der Waals surface area contributed by atoms with Crippen LogP contribution in [0, 0.1) is 0 Å². The Hall–Kier alpha value is -2.70. The van der Waals surface area contributed by atoms with Crippen LogP contribution in [0.3, 0.4) is 0 Å². The lowest BCUT2D eigenvalue weighted by Gasteiger charge is -2.14. The van der Waals surface area contributed by atoms with E-state index in [1.807, 2.05) is 30.3 Å². The number of ether oxygens (including phenoxy) is 1. The molecule has 21 heavy (non-hydrogen) atoms. The first-order valence-corrected chi connectivity index (χ1v) is 6.50. The molecule has 2 rings (SSSR count). The third kappa shape index (κ3) is 3.65. The largest absolute Gasteiger partial charge is 0.465 e. The van der Waals surface area contributed by atoms with E-state index in [4.69, 9.17) is 4.74 Å². The summed E-state index contributed by atoms with van der Waals surface area (Å²) in [5.74, 6) is -0.839. The van der Waals surface area contributed by atoms with Gasteiger partial charge in [0.15, 0.2) is 5.69 Å². The van der Waals surface area contributed by atoms with E-state index < -0.39 is 5.97 Å². The summed E-state index contributed by atoms with van der Waals surface area (Å²) in [5, 5.41) is 8.16. The van der Waals surface area contributed by atoms with Crippen LogP contribution in [0.1, 0.15) is 17.4 Å². The lowest BCUT2D eigenvalue weighted by molar-refractivity contribution is -0.143. The van der Waals surface area contributed by atoms with Gasteiger partial charge in [-0.25, -0.2) is 0 Å². The highest BCUT2D eigenvalue weighted by atomic mass is 16.5. The summed E-state index contributed by atoms with van der Waals surface area (Å²) < 4.78 is 4.80. The number of carbonyl (C=O) groups excluding carboxylic acids is 2. The van der Waals surface area contributed by atoms with Crippen LogP contribution in [0.4, 0.5) is 0 Å². The number of nitrogens with zero attached hydrogens (tertiary/aromatic N) is 4. The molecule has 1 aromatic carbocycles. The number of likely N-dealkylation sites (N-methyl/N-ethyl adjacent to an activating group) is 1. The average molecular weight is 288 g/mol. The van der Waals surface area contributed by atoms with Gasteiger partial charge in [0.2, 0.25) is 0 Å². The molecule has 0 bridgehead atoms. The number of benzene rings is 1. The minimum Gasteiger partial charge on any atom is -0.465 e. The van der Waals surface area contributed by atoms with E-state index in [0.29, 0.717) is 0 Å². The standard InChI is InChI=1S/C14H16N4O3/c1-3-21-13(19)10-17(2)14(20)12-9-15-18(16-12)11-7-5-4-6-8-11/h4-9H,3,10H2,1-2H3. The van der Waals surface area contributed by atoms with E-state index in [-0.39, 0.29) is 24.8 Å². The summed E-state index contributed by atoms with van der Waals surface area (Å²) in [6.45, 7) is 1.88. The normalized spacial score (nSPS) is 10.2. The SMILES string of the molecule is CCOC(=O)CN(C)C(=O)c1cnn(-c2ccccc2)n1. The van der Waals surface area contributed by atoms with Crippen LogP contribution < -0.4 is 0 Å². The Morgan fingerprint density at radius 1 is 1.29 bits per heavy atom. The van der Waals surface area contributed by atoms with Gasteiger partial charge in [0.05, 0.1) is 18.5 Å². The van der Waals surface area contributed by atoms with Crippen LogP contribution in [0.15, 0.2) is 36.5 Å². The summed E-state index contributed by atoms with van der Waals surface area (Å²) in [7, 11) is 1.51. The van der Waals surface area contributed by atoms with Crippen molar-refractivity contribution in [2.45, 2.75) is 6.92 Å². The van der Waals surface area contributed by atoms with Gasteiger partial charge in [0.25, 0.3) is 5.91 Å². The minimum absolute atomic E-state index is 0.120. The molecule has 7 nitrogen and oxygen atoms in total. The summed E-state index contributed by atoms with van der Waals surface area (Å²) in [6.07, 6.45) is 1.37. The third-order valence-electron chi connectivity index (χ3n) is 2.72. The van der Waals surface area contributed by atoms with Crippen LogP contribution in [0.5, 0.6) is 0 Å². The molecule has 0 unspecified atom stereocenters. The van der Waals surface area contributed by atoms with Gasteiger partial charge in [-0.05, 0) is 19.1 Å². The zero-order valence-corrected chi connectivity index (χ0v) is 11.9. The molecule has 7 heteroatoms. The minimum atomic E-state index is -0.455. The first kappa shape index (κ1) is 14.7. The Labute approximate surface area is 122 Å². The van der Waals surface area contributed by atoms with E-state index in [1.54, 1.807) is 6.92 Å². The maximum atomic E-state index is 12.1. The highest BCUT2D eigenvalue weighted by Gasteiger charge is 2.18. The molecular formula is C14H16N4O3. The van der Waals surface area contributed by atoms with Crippen molar-refractivity contribution < 1.29 is 14.3 Å². The molecule has 0 N–H and O–H groups in total. The molecule has 110 valence electrons. The Kier molecular flexibility index (Phi) is 4.65. The maximum absolute atomic E-state index is 12.1. The highest BCUT2D eigenvalue weighted by Crippen LogP contribution is 2.05. The fourth-order valence-corrected chi connectivity index (χ4v) is 1.71. The van der Waals surface area contributed by atoms with Crippen LogP contribution in [0.25, 0.3) is 5.69 Å². The Balaban J connectivity index is 2.07. The molecule has 1 heterocycles. The summed E-state index contributed by atoms with van der Waals surface area (Å²) in [5.41, 5.74) is 0.926. The molecule has 0 fully saturated rings. The molecule has 2 aromatic rings. The van der Waals surface area contributed by atoms with Crippen molar-refractivity contribution in [3.8, 4) is 5.69 Å². The molecule has 0 aliphatic rings. The lowest BCUT2D eigenvalue weighted by Crippen LogP contribution is -2.33. The van der Waals surface area contributed by atoms with Gasteiger partial charge in [0.1, 0.15) is 6.54 Å². The van der Waals surface area contributed by atoms with Crippen molar-refractivity contribution in [3.05, 3.63) is 42.2 Å². The molecule has 0 spiro atoms. The molecular weight excluding hydrogens is 272 g/mol. The highest BCUT2D eigenvalue weighted by molar-refractivity contribution is 5.93. The predicted octanol–water partition coefficient (Wildman–Crippen LogP) is 0.902. The number of hydrogen-bond acceptors (Lipinski definition) is 5. The first-order valence-electron chi connectivity index (χ1n) is 6.50. The molecule has 0 atom stereocenters. The number of rotatable bonds is 5. The van der Waals surface area contributed by atoms with Crippen molar-refractivity contribution >= 4 is 11.9 Å². The van der Waals surface area contributed by atoms with Gasteiger partial charge in [-0.3, -0.25) is 9.59 Å². The number of carbonyl (C=O) groups is 2. The van der Waals surface area contributed by atoms with Crippen LogP contribution in [-0.2, 0) is 9.53 Å². The van der Waals surface area contributed by atoms with Crippen molar-refractivity contribution in [3.63, 3.8) is 0 Å². The summed E-state index contributed by atoms with van der Waals surface area (Å²) >= 11 is 0. The molecule has 0 radical (unpaired) electrons. The maximum Gasteiger partial charge on any atom is 0.325 e. The van der Waals surface area contributed by atoms with E-state index in [1.165, 1.54) is 22.9 Å². The molecule has 0 aliphatic carbocycles. The lowest BCUT2D eigenvalue weighted by atomic mass is 10.3. The molecule has 1 amide bonds. The van der Waals surface area contributed by atoms with Crippen molar-refractivity contribution in [1.29, 1.82) is 0 Å². The van der Waals surface area contributed by atoms with Gasteiger partial charge < -0.3 is 9.64 Å². The number of para-hydroxylation sites is 1. The molecule has 0 saturated heterocycles. The second-order valence-corrected chi connectivity index (χ2v) is 4.32. The summed E-state index contributed by atoms with van der Waals surface area (Å²) in [4.78, 5) is 26.1. The van der Waals surface area contributed by atoms with Crippen molar-refractivity contribution in [1.82, 2.24) is 19.9 Å². The third-order valence-corrected chi connectivity index (χ3v) is 2.72. The topological polar surface area (TPSA) is 77.3 Å². The van der Waals surface area contributed by atoms with Crippen molar-refractivity contribution in [2.24, 2.45) is 0 Å². The van der Waals surface area contributed by atoms with Gasteiger partial charge in [-0.2, -0.15) is 9.90 Å². The number of aromatic nitrogens is 3. The van der Waals surface area contributed by atoms with E-state index >= 15 is 0 Å². The Morgan fingerprint density at radius 3 is 2.67 bits per heavy atom. The zero-order chi connectivity index (χ0) is 15.2. The summed E-state index contributed by atoms with van der Waals surface area (Å²) in [6, 6.07) is 9.25. The van der Waals surface area contributed by atoms with Gasteiger partial charge >= 0.3 is 5.97 Å². The van der Waals surface area contributed by atoms with Crippen LogP contribution in [0.2, 0.25) is 0 Å². The monoisotopic (exact) mass is 288 g/mol. The zero-order valence-electron chi connectivity index (χ0n) is 11.9. The molecule has 0 aliphatic heterocycles. The predicted molar refractivity (Wildman–Crippen MR) is 75.0 cm³/mol. The number of hydrogen-bond donors (Lipinski definition) is 0. The fourth-order valence-electron chi connectivity index (χ4n) is 1.71. The van der Waals surface area contributed by atoms with Crippen LogP contribution in [-0.4, -0.2) is 52.0 Å². The van der Waals surface area contributed by atoms with Crippen molar-refractivity contribution in [2.75, 3.05) is 20.2 Å². The Bertz CT molecular complexity index is 624. The Morgan fingerprint density at radius 2 is 2.00 bits per heavy atom. The number of amides is 1. The quantitative estimate of drug-likeness (QED) is 0.764. The first-order chi connectivity index (χ1) is 10.1. The van der Waals surface area contributed by atoms with Gasteiger partial charge in [-0.15, -0.1) is 5.10 Å². The van der Waals surface area contributed by atoms with Crippen LogP contribution >= 0.6 is 0 Å². The second-order valence-electron chi connectivity index (χ2n) is 4.32. The number of esters is 1. The van der Waals surface area contributed by atoms with E-state index in [9.17, 15) is 9.59 Å². The van der Waals surface area contributed by atoms with Gasteiger partial charge in [-0.1, -0.05) is 18.2 Å². The molecule has 0 saturated carbocycles.